The Morgan fingerprint density at radius 3 is 2.28 bits per heavy atom. The molecule has 96 valence electrons. The lowest BCUT2D eigenvalue weighted by Gasteiger charge is -2.13. The summed E-state index contributed by atoms with van der Waals surface area (Å²) >= 11 is 3.54. The quantitative estimate of drug-likeness (QED) is 0.763. The molecule has 2 nitrogen and oxygen atoms in total. The van der Waals surface area contributed by atoms with Crippen LogP contribution in [0.15, 0.2) is 24.4 Å². The van der Waals surface area contributed by atoms with E-state index in [0.29, 0.717) is 5.92 Å². The van der Waals surface area contributed by atoms with E-state index in [1.54, 1.807) is 0 Å². The van der Waals surface area contributed by atoms with Gasteiger partial charge >= 0.3 is 0 Å². The van der Waals surface area contributed by atoms with Gasteiger partial charge in [0.1, 0.15) is 0 Å². The zero-order chi connectivity index (χ0) is 13.3. The first-order valence-electron chi connectivity index (χ1n) is 6.24. The highest BCUT2D eigenvalue weighted by atomic mass is 79.9. The standard InChI is InChI=1S/C15H19BrN2/c1-10(2)15-13(8-16)9-17-18(15)14-6-11(3)5-12(4)7-14/h5-7,9-10H,8H2,1-4H3. The fourth-order valence-electron chi connectivity index (χ4n) is 2.39. The number of benzene rings is 1. The summed E-state index contributed by atoms with van der Waals surface area (Å²) in [6, 6.07) is 6.56. The minimum Gasteiger partial charge on any atom is -0.237 e. The smallest absolute Gasteiger partial charge is 0.0654 e. The molecule has 1 aromatic carbocycles. The van der Waals surface area contributed by atoms with Gasteiger partial charge in [-0.1, -0.05) is 35.8 Å². The molecule has 0 fully saturated rings. The van der Waals surface area contributed by atoms with Crippen molar-refractivity contribution in [1.82, 2.24) is 9.78 Å². The summed E-state index contributed by atoms with van der Waals surface area (Å²) in [6.45, 7) is 8.67. The van der Waals surface area contributed by atoms with Crippen LogP contribution in [-0.2, 0) is 5.33 Å². The molecule has 0 aliphatic rings. The second-order valence-corrected chi connectivity index (χ2v) is 5.66. The third-order valence-electron chi connectivity index (χ3n) is 3.03. The van der Waals surface area contributed by atoms with Gasteiger partial charge in [0.15, 0.2) is 0 Å². The van der Waals surface area contributed by atoms with Crippen LogP contribution in [0.1, 0.15) is 42.1 Å². The van der Waals surface area contributed by atoms with Gasteiger partial charge < -0.3 is 0 Å². The van der Waals surface area contributed by atoms with Crippen molar-refractivity contribution in [1.29, 1.82) is 0 Å². The fourth-order valence-corrected chi connectivity index (χ4v) is 2.82. The summed E-state index contributed by atoms with van der Waals surface area (Å²) in [7, 11) is 0. The molecule has 18 heavy (non-hydrogen) atoms. The van der Waals surface area contributed by atoms with Gasteiger partial charge in [-0.25, -0.2) is 4.68 Å². The van der Waals surface area contributed by atoms with Gasteiger partial charge in [0.25, 0.3) is 0 Å². The number of halogens is 1. The number of nitrogens with zero attached hydrogens (tertiary/aromatic N) is 2. The van der Waals surface area contributed by atoms with Crippen LogP contribution in [0.25, 0.3) is 5.69 Å². The highest BCUT2D eigenvalue weighted by molar-refractivity contribution is 9.08. The first-order valence-corrected chi connectivity index (χ1v) is 7.36. The van der Waals surface area contributed by atoms with E-state index >= 15 is 0 Å². The first-order chi connectivity index (χ1) is 8.52. The van der Waals surface area contributed by atoms with Gasteiger partial charge in [-0.3, -0.25) is 0 Å². The second-order valence-electron chi connectivity index (χ2n) is 5.10. The van der Waals surface area contributed by atoms with Gasteiger partial charge in [0.05, 0.1) is 17.6 Å². The van der Waals surface area contributed by atoms with E-state index in [0.717, 1.165) is 11.0 Å². The fraction of sp³-hybridized carbons (Fsp3) is 0.400. The maximum atomic E-state index is 4.55. The summed E-state index contributed by atoms with van der Waals surface area (Å²) in [6.07, 6.45) is 1.96. The monoisotopic (exact) mass is 306 g/mol. The van der Waals surface area contributed by atoms with E-state index in [4.69, 9.17) is 0 Å². The average Bonchev–Trinajstić information content (AvgIpc) is 2.71. The molecule has 2 rings (SSSR count). The Balaban J connectivity index is 2.60. The number of aromatic nitrogens is 2. The van der Waals surface area contributed by atoms with Crippen LogP contribution in [-0.4, -0.2) is 9.78 Å². The van der Waals surface area contributed by atoms with Crippen molar-refractivity contribution >= 4 is 15.9 Å². The van der Waals surface area contributed by atoms with Gasteiger partial charge in [-0.15, -0.1) is 0 Å². The molecule has 1 heterocycles. The first kappa shape index (κ1) is 13.3. The summed E-state index contributed by atoms with van der Waals surface area (Å²) in [4.78, 5) is 0. The van der Waals surface area contributed by atoms with Crippen LogP contribution in [0.2, 0.25) is 0 Å². The minimum atomic E-state index is 0.459. The molecule has 3 heteroatoms. The molecule has 0 saturated carbocycles. The summed E-state index contributed by atoms with van der Waals surface area (Å²) in [5, 5.41) is 5.40. The molecule has 0 spiro atoms. The van der Waals surface area contributed by atoms with Crippen LogP contribution in [0.3, 0.4) is 0 Å². The zero-order valence-corrected chi connectivity index (χ0v) is 13.0. The molecule has 2 aromatic rings. The SMILES string of the molecule is Cc1cc(C)cc(-n2ncc(CBr)c2C(C)C)c1. The number of hydrogen-bond acceptors (Lipinski definition) is 1. The Labute approximate surface area is 117 Å². The van der Waals surface area contributed by atoms with Gasteiger partial charge in [0, 0.05) is 10.9 Å². The number of alkyl halides is 1. The van der Waals surface area contributed by atoms with E-state index in [-0.39, 0.29) is 0 Å². The van der Waals surface area contributed by atoms with Crippen molar-refractivity contribution in [2.75, 3.05) is 0 Å². The number of aryl methyl sites for hydroxylation is 2. The van der Waals surface area contributed by atoms with Crippen LogP contribution in [0.4, 0.5) is 0 Å². The normalized spacial score (nSPS) is 11.2. The molecule has 1 aromatic heterocycles. The lowest BCUT2D eigenvalue weighted by molar-refractivity contribution is 0.729. The molecule has 0 N–H and O–H groups in total. The van der Waals surface area contributed by atoms with Gasteiger partial charge in [0.2, 0.25) is 0 Å². The molecule has 0 saturated heterocycles. The highest BCUT2D eigenvalue weighted by Crippen LogP contribution is 2.25. The molecule has 0 aliphatic heterocycles. The Kier molecular flexibility index (Phi) is 3.91. The molecule has 0 bridgehead atoms. The third-order valence-corrected chi connectivity index (χ3v) is 3.63. The lowest BCUT2D eigenvalue weighted by Crippen LogP contribution is -2.05. The van der Waals surface area contributed by atoms with E-state index < -0.39 is 0 Å². The molecule has 0 unspecified atom stereocenters. The predicted molar refractivity (Wildman–Crippen MR) is 79.8 cm³/mol. The third kappa shape index (κ3) is 2.51. The predicted octanol–water partition coefficient (Wildman–Crippen LogP) is 4.51. The number of rotatable bonds is 3. The van der Waals surface area contributed by atoms with Crippen molar-refractivity contribution < 1.29 is 0 Å². The molecule has 0 amide bonds. The van der Waals surface area contributed by atoms with Crippen LogP contribution in [0.5, 0.6) is 0 Å². The van der Waals surface area contributed by atoms with Crippen molar-refractivity contribution in [3.05, 3.63) is 46.8 Å². The summed E-state index contributed by atoms with van der Waals surface area (Å²) in [5.74, 6) is 0.459. The van der Waals surface area contributed by atoms with E-state index in [1.807, 2.05) is 6.20 Å². The zero-order valence-electron chi connectivity index (χ0n) is 11.4. The maximum absolute atomic E-state index is 4.55. The van der Waals surface area contributed by atoms with Crippen molar-refractivity contribution in [2.24, 2.45) is 0 Å². The summed E-state index contributed by atoms with van der Waals surface area (Å²) < 4.78 is 2.07. The van der Waals surface area contributed by atoms with Gasteiger partial charge in [-0.2, -0.15) is 5.10 Å². The van der Waals surface area contributed by atoms with Crippen molar-refractivity contribution in [3.63, 3.8) is 0 Å². The summed E-state index contributed by atoms with van der Waals surface area (Å²) in [5.41, 5.74) is 6.26. The Morgan fingerprint density at radius 1 is 1.17 bits per heavy atom. The van der Waals surface area contributed by atoms with E-state index in [1.165, 1.54) is 22.4 Å². The Bertz CT molecular complexity index is 535. The molecule has 0 radical (unpaired) electrons. The van der Waals surface area contributed by atoms with Crippen LogP contribution < -0.4 is 0 Å². The molecule has 0 atom stereocenters. The Hall–Kier alpha value is -1.09. The van der Waals surface area contributed by atoms with E-state index in [9.17, 15) is 0 Å². The van der Waals surface area contributed by atoms with Crippen LogP contribution in [0, 0.1) is 13.8 Å². The average molecular weight is 307 g/mol. The van der Waals surface area contributed by atoms with Gasteiger partial charge in [-0.05, 0) is 43.0 Å². The van der Waals surface area contributed by atoms with E-state index in [2.05, 4.69) is 71.6 Å². The molecule has 0 aliphatic carbocycles. The van der Waals surface area contributed by atoms with Crippen LogP contribution >= 0.6 is 15.9 Å². The molecular formula is C15H19BrN2. The number of hydrogen-bond donors (Lipinski definition) is 0. The molecular weight excluding hydrogens is 288 g/mol. The largest absolute Gasteiger partial charge is 0.237 e. The second kappa shape index (κ2) is 5.27. The maximum Gasteiger partial charge on any atom is 0.0654 e. The lowest BCUT2D eigenvalue weighted by atomic mass is 10.1. The highest BCUT2D eigenvalue weighted by Gasteiger charge is 2.14. The Morgan fingerprint density at radius 2 is 1.78 bits per heavy atom. The van der Waals surface area contributed by atoms with Crippen molar-refractivity contribution in [2.45, 2.75) is 38.9 Å². The minimum absolute atomic E-state index is 0.459. The van der Waals surface area contributed by atoms with Crippen molar-refractivity contribution in [3.8, 4) is 5.69 Å². The topological polar surface area (TPSA) is 17.8 Å².